The molecule has 0 aromatic carbocycles. The maximum atomic E-state index is 12.0. The Morgan fingerprint density at radius 2 is 1.75 bits per heavy atom. The fourth-order valence-corrected chi connectivity index (χ4v) is 2.00. The Balaban J connectivity index is 4.33. The first-order chi connectivity index (χ1) is 7.20. The van der Waals surface area contributed by atoms with Gasteiger partial charge >= 0.3 is 5.51 Å². The predicted octanol–water partition coefficient (Wildman–Crippen LogP) is 3.80. The molecule has 0 aliphatic rings. The molecule has 0 atom stereocenters. The van der Waals surface area contributed by atoms with E-state index in [-0.39, 0.29) is 5.57 Å². The van der Waals surface area contributed by atoms with Gasteiger partial charge in [-0.15, -0.1) is 0 Å². The van der Waals surface area contributed by atoms with Crippen molar-refractivity contribution in [2.24, 2.45) is 0 Å². The van der Waals surface area contributed by atoms with Crippen LogP contribution >= 0.6 is 0 Å². The van der Waals surface area contributed by atoms with Gasteiger partial charge < -0.3 is 0 Å². The van der Waals surface area contributed by atoms with Gasteiger partial charge in [-0.1, -0.05) is 31.8 Å². The Morgan fingerprint density at radius 3 is 2.19 bits per heavy atom. The molecule has 0 spiro atoms. The second-order valence-corrected chi connectivity index (χ2v) is 5.55. The van der Waals surface area contributed by atoms with E-state index in [0.29, 0.717) is 11.8 Å². The van der Waals surface area contributed by atoms with Crippen LogP contribution in [0, 0.1) is 0 Å². The van der Waals surface area contributed by atoms with Crippen LogP contribution in [0.15, 0.2) is 11.0 Å². The topological polar surface area (TPSA) is 34.1 Å². The van der Waals surface area contributed by atoms with Crippen molar-refractivity contribution >= 4 is 9.84 Å². The van der Waals surface area contributed by atoms with Crippen LogP contribution in [0.5, 0.6) is 0 Å². The summed E-state index contributed by atoms with van der Waals surface area (Å²) in [5.74, 6) is 0. The van der Waals surface area contributed by atoms with Gasteiger partial charge in [-0.05, 0) is 19.8 Å². The van der Waals surface area contributed by atoms with E-state index in [1.165, 1.54) is 6.92 Å². The molecule has 2 nitrogen and oxygen atoms in total. The van der Waals surface area contributed by atoms with Crippen LogP contribution < -0.4 is 0 Å². The van der Waals surface area contributed by atoms with E-state index in [0.717, 1.165) is 25.7 Å². The second-order valence-electron chi connectivity index (χ2n) is 3.77. The first kappa shape index (κ1) is 15.5. The molecule has 0 fully saturated rings. The summed E-state index contributed by atoms with van der Waals surface area (Å²) in [4.78, 5) is 0. The Kier molecular flexibility index (Phi) is 6.07. The molecule has 96 valence electrons. The Hall–Kier alpha value is -0.520. The number of sulfone groups is 1. The molecule has 0 saturated heterocycles. The van der Waals surface area contributed by atoms with Crippen molar-refractivity contribution in [1.82, 2.24) is 0 Å². The van der Waals surface area contributed by atoms with Gasteiger partial charge in [0.05, 0.1) is 0 Å². The summed E-state index contributed by atoms with van der Waals surface area (Å²) in [6.07, 6.45) is 4.08. The van der Waals surface area contributed by atoms with Gasteiger partial charge in [0.2, 0.25) is 0 Å². The van der Waals surface area contributed by atoms with Crippen LogP contribution in [-0.4, -0.2) is 13.9 Å². The highest BCUT2D eigenvalue weighted by Crippen LogP contribution is 2.26. The monoisotopic (exact) mass is 258 g/mol. The maximum absolute atomic E-state index is 12.0. The average Bonchev–Trinajstić information content (AvgIpc) is 2.10. The highest BCUT2D eigenvalue weighted by Gasteiger charge is 2.43. The number of allylic oxidation sites excluding steroid dienone is 1. The fraction of sp³-hybridized carbons (Fsp3) is 0.800. The Labute approximate surface area is 94.5 Å². The molecule has 0 rings (SSSR count). The normalized spacial score (nSPS) is 14.2. The lowest BCUT2D eigenvalue weighted by Crippen LogP contribution is -2.20. The average molecular weight is 258 g/mol. The quantitative estimate of drug-likeness (QED) is 0.679. The molecule has 0 bridgehead atoms. The first-order valence-corrected chi connectivity index (χ1v) is 6.74. The summed E-state index contributed by atoms with van der Waals surface area (Å²) in [6, 6.07) is 0. The molecule has 0 unspecified atom stereocenters. The summed E-state index contributed by atoms with van der Waals surface area (Å²) in [7, 11) is -5.10. The number of hydrogen-bond acceptors (Lipinski definition) is 2. The third-order valence-corrected chi connectivity index (χ3v) is 3.46. The highest BCUT2D eigenvalue weighted by molar-refractivity contribution is 7.95. The number of halogens is 3. The smallest absolute Gasteiger partial charge is 0.215 e. The molecule has 0 radical (unpaired) electrons. The van der Waals surface area contributed by atoms with Crippen LogP contribution in [0.2, 0.25) is 0 Å². The van der Waals surface area contributed by atoms with E-state index in [9.17, 15) is 21.6 Å². The Bertz CT molecular complexity index is 328. The Morgan fingerprint density at radius 1 is 1.19 bits per heavy atom. The minimum absolute atomic E-state index is 0.258. The summed E-state index contributed by atoms with van der Waals surface area (Å²) < 4.78 is 57.5. The second kappa shape index (κ2) is 6.27. The molecular formula is C10H17F3O2S. The molecule has 0 heterocycles. The zero-order valence-corrected chi connectivity index (χ0v) is 10.3. The van der Waals surface area contributed by atoms with Crippen LogP contribution in [0.25, 0.3) is 0 Å². The fourth-order valence-electron chi connectivity index (χ4n) is 1.22. The number of rotatable bonds is 6. The summed E-state index contributed by atoms with van der Waals surface area (Å²) in [5.41, 5.74) is -4.93. The molecule has 0 aliphatic heterocycles. The molecule has 0 aliphatic carbocycles. The van der Waals surface area contributed by atoms with E-state index in [2.05, 4.69) is 0 Å². The highest BCUT2D eigenvalue weighted by atomic mass is 32.2. The van der Waals surface area contributed by atoms with Gasteiger partial charge in [0.25, 0.3) is 9.84 Å². The van der Waals surface area contributed by atoms with Crippen molar-refractivity contribution in [2.75, 3.05) is 0 Å². The number of alkyl halides is 3. The van der Waals surface area contributed by atoms with Gasteiger partial charge in [0, 0.05) is 5.41 Å². The molecule has 0 N–H and O–H groups in total. The molecule has 6 heteroatoms. The number of hydrogen-bond donors (Lipinski definition) is 0. The van der Waals surface area contributed by atoms with Crippen molar-refractivity contribution in [3.8, 4) is 0 Å². The largest absolute Gasteiger partial charge is 0.501 e. The minimum Gasteiger partial charge on any atom is -0.215 e. The van der Waals surface area contributed by atoms with Crippen LogP contribution in [0.1, 0.15) is 46.0 Å². The van der Waals surface area contributed by atoms with Gasteiger partial charge in [-0.3, -0.25) is 0 Å². The van der Waals surface area contributed by atoms with Gasteiger partial charge in [0.1, 0.15) is 0 Å². The molecule has 0 saturated carbocycles. The summed E-state index contributed by atoms with van der Waals surface area (Å²) in [6.45, 7) is 3.44. The number of unbranched alkanes of at least 4 members (excludes halogenated alkanes) is 3. The van der Waals surface area contributed by atoms with Crippen molar-refractivity contribution < 1.29 is 21.6 Å². The van der Waals surface area contributed by atoms with E-state index >= 15 is 0 Å². The predicted molar refractivity (Wildman–Crippen MR) is 57.5 cm³/mol. The van der Waals surface area contributed by atoms with E-state index in [1.54, 1.807) is 0 Å². The first-order valence-electron chi connectivity index (χ1n) is 5.19. The van der Waals surface area contributed by atoms with Crippen molar-refractivity contribution in [1.29, 1.82) is 0 Å². The lowest BCUT2D eigenvalue weighted by Gasteiger charge is -2.05. The lowest BCUT2D eigenvalue weighted by molar-refractivity contribution is -0.0423. The third kappa shape index (κ3) is 5.53. The molecule has 0 amide bonds. The van der Waals surface area contributed by atoms with Crippen LogP contribution in [0.4, 0.5) is 13.2 Å². The summed E-state index contributed by atoms with van der Waals surface area (Å²) in [5, 5.41) is 0.332. The van der Waals surface area contributed by atoms with Crippen molar-refractivity contribution in [3.05, 3.63) is 11.0 Å². The molecule has 0 aromatic heterocycles. The standard InChI is InChI=1S/C10H17F3O2S/c1-3-4-5-6-7-9(2)8-16(14,15)10(11,12)13/h8H,3-7H2,1-2H3/b9-8+. The van der Waals surface area contributed by atoms with Crippen molar-refractivity contribution in [2.45, 2.75) is 51.5 Å². The molecule has 0 aromatic rings. The summed E-state index contributed by atoms with van der Waals surface area (Å²) >= 11 is 0. The minimum atomic E-state index is -5.18. The van der Waals surface area contributed by atoms with Crippen LogP contribution in [-0.2, 0) is 9.84 Å². The van der Waals surface area contributed by atoms with Gasteiger partial charge in [0.15, 0.2) is 0 Å². The van der Waals surface area contributed by atoms with E-state index in [1.807, 2.05) is 6.92 Å². The molecule has 16 heavy (non-hydrogen) atoms. The zero-order chi connectivity index (χ0) is 12.8. The van der Waals surface area contributed by atoms with Crippen molar-refractivity contribution in [3.63, 3.8) is 0 Å². The van der Waals surface area contributed by atoms with Crippen LogP contribution in [0.3, 0.4) is 0 Å². The lowest BCUT2D eigenvalue weighted by atomic mass is 10.1. The van der Waals surface area contributed by atoms with Gasteiger partial charge in [-0.25, -0.2) is 8.42 Å². The van der Waals surface area contributed by atoms with E-state index in [4.69, 9.17) is 0 Å². The SMILES string of the molecule is CCCCCC/C(C)=C/S(=O)(=O)C(F)(F)F. The maximum Gasteiger partial charge on any atom is 0.501 e. The van der Waals surface area contributed by atoms with E-state index < -0.39 is 15.3 Å². The molecular weight excluding hydrogens is 241 g/mol. The van der Waals surface area contributed by atoms with Gasteiger partial charge in [-0.2, -0.15) is 13.2 Å². The zero-order valence-electron chi connectivity index (χ0n) is 9.47. The third-order valence-electron chi connectivity index (χ3n) is 2.10.